The Morgan fingerprint density at radius 2 is 2.06 bits per heavy atom. The van der Waals surface area contributed by atoms with Gasteiger partial charge in [0.25, 0.3) is 0 Å². The van der Waals surface area contributed by atoms with Gasteiger partial charge in [-0.25, -0.2) is 4.98 Å². The zero-order valence-corrected chi connectivity index (χ0v) is 10.9. The van der Waals surface area contributed by atoms with Gasteiger partial charge in [0.1, 0.15) is 11.0 Å². The molecule has 0 unspecified atom stereocenters. The average Bonchev–Trinajstić information content (AvgIpc) is 2.83. The molecule has 3 aromatic heterocycles. The van der Waals surface area contributed by atoms with E-state index in [1.54, 1.807) is 17.4 Å². The summed E-state index contributed by atoms with van der Waals surface area (Å²) in [6.07, 6.45) is 0. The molecule has 17 heavy (non-hydrogen) atoms. The average molecular weight is 265 g/mol. The fourth-order valence-electron chi connectivity index (χ4n) is 1.77. The van der Waals surface area contributed by atoms with E-state index < -0.39 is 0 Å². The van der Waals surface area contributed by atoms with Gasteiger partial charge in [-0.2, -0.15) is 0 Å². The molecular weight excluding hydrogens is 256 g/mol. The van der Waals surface area contributed by atoms with E-state index in [4.69, 9.17) is 11.6 Å². The first-order valence-corrected chi connectivity index (χ1v) is 6.29. The van der Waals surface area contributed by atoms with Gasteiger partial charge in [0.15, 0.2) is 11.5 Å². The summed E-state index contributed by atoms with van der Waals surface area (Å²) in [5.41, 5.74) is 0.726. The molecule has 86 valence electrons. The lowest BCUT2D eigenvalue weighted by Gasteiger charge is -2.01. The van der Waals surface area contributed by atoms with E-state index in [0.29, 0.717) is 5.15 Å². The van der Waals surface area contributed by atoms with Crippen LogP contribution in [-0.4, -0.2) is 19.6 Å². The van der Waals surface area contributed by atoms with Crippen LogP contribution >= 0.6 is 22.9 Å². The van der Waals surface area contributed by atoms with Gasteiger partial charge in [0.05, 0.1) is 4.88 Å². The van der Waals surface area contributed by atoms with Crippen LogP contribution in [0.4, 0.5) is 0 Å². The van der Waals surface area contributed by atoms with E-state index in [1.807, 2.05) is 17.4 Å². The summed E-state index contributed by atoms with van der Waals surface area (Å²) in [5.74, 6) is 1.61. The maximum atomic E-state index is 5.89. The van der Waals surface area contributed by atoms with Gasteiger partial charge in [-0.15, -0.1) is 21.5 Å². The molecule has 0 aliphatic carbocycles. The summed E-state index contributed by atoms with van der Waals surface area (Å²) in [6, 6.07) is 5.83. The van der Waals surface area contributed by atoms with Crippen LogP contribution < -0.4 is 0 Å². The van der Waals surface area contributed by atoms with Gasteiger partial charge in [-0.05, 0) is 26.0 Å². The van der Waals surface area contributed by atoms with E-state index in [2.05, 4.69) is 28.2 Å². The monoisotopic (exact) mass is 264 g/mol. The van der Waals surface area contributed by atoms with Crippen LogP contribution in [0, 0.1) is 13.8 Å². The molecule has 0 bridgehead atoms. The van der Waals surface area contributed by atoms with Crippen molar-refractivity contribution >= 4 is 28.6 Å². The van der Waals surface area contributed by atoms with Crippen LogP contribution in [0.5, 0.6) is 0 Å². The summed E-state index contributed by atoms with van der Waals surface area (Å²) in [4.78, 5) is 6.55. The molecule has 0 aliphatic heterocycles. The van der Waals surface area contributed by atoms with Crippen molar-refractivity contribution in [2.45, 2.75) is 13.8 Å². The van der Waals surface area contributed by atoms with Crippen LogP contribution in [0.2, 0.25) is 5.15 Å². The van der Waals surface area contributed by atoms with Gasteiger partial charge in [-0.1, -0.05) is 11.6 Å². The second-order valence-corrected chi connectivity index (χ2v) is 5.43. The van der Waals surface area contributed by atoms with Crippen LogP contribution in [0.15, 0.2) is 18.2 Å². The predicted molar refractivity (Wildman–Crippen MR) is 68.6 cm³/mol. The molecule has 0 fully saturated rings. The molecule has 0 saturated heterocycles. The van der Waals surface area contributed by atoms with E-state index in [-0.39, 0.29) is 0 Å². The standard InChI is InChI=1S/C11H9ClN4S/c1-6-3-4-8(17-6)11-15-14-10-5-9(12)13-7(2)16(10)11/h3-5H,1-2H3. The first-order chi connectivity index (χ1) is 8.15. The van der Waals surface area contributed by atoms with Gasteiger partial charge in [0.2, 0.25) is 0 Å². The molecule has 3 rings (SSSR count). The maximum absolute atomic E-state index is 5.89. The molecule has 0 N–H and O–H groups in total. The summed E-state index contributed by atoms with van der Waals surface area (Å²) < 4.78 is 1.91. The Labute approximate surface area is 107 Å². The van der Waals surface area contributed by atoms with E-state index >= 15 is 0 Å². The maximum Gasteiger partial charge on any atom is 0.179 e. The number of nitrogens with zero attached hydrogens (tertiary/aromatic N) is 4. The molecule has 0 amide bonds. The molecule has 0 aromatic carbocycles. The van der Waals surface area contributed by atoms with Crippen LogP contribution in [0.25, 0.3) is 16.3 Å². The normalized spacial score (nSPS) is 11.2. The Kier molecular flexibility index (Phi) is 2.38. The van der Waals surface area contributed by atoms with Gasteiger partial charge in [0, 0.05) is 10.9 Å². The Morgan fingerprint density at radius 1 is 1.24 bits per heavy atom. The van der Waals surface area contributed by atoms with Crippen molar-refractivity contribution in [2.75, 3.05) is 0 Å². The minimum atomic E-state index is 0.441. The Balaban J connectivity index is 2.31. The number of aromatic nitrogens is 4. The molecule has 0 atom stereocenters. The van der Waals surface area contributed by atoms with E-state index in [1.165, 1.54) is 4.88 Å². The number of rotatable bonds is 1. The Morgan fingerprint density at radius 3 is 2.76 bits per heavy atom. The van der Waals surface area contributed by atoms with Crippen LogP contribution in [0.3, 0.4) is 0 Å². The topological polar surface area (TPSA) is 43.1 Å². The molecule has 4 nitrogen and oxygen atoms in total. The Bertz CT molecular complexity index is 701. The zero-order chi connectivity index (χ0) is 12.0. The second kappa shape index (κ2) is 3.78. The van der Waals surface area contributed by atoms with Crippen molar-refractivity contribution in [3.8, 4) is 10.7 Å². The van der Waals surface area contributed by atoms with Crippen molar-refractivity contribution in [3.05, 3.63) is 34.1 Å². The van der Waals surface area contributed by atoms with Crippen LogP contribution in [-0.2, 0) is 0 Å². The first kappa shape index (κ1) is 10.7. The zero-order valence-electron chi connectivity index (χ0n) is 9.31. The SMILES string of the molecule is Cc1ccc(-c2nnc3cc(Cl)nc(C)n23)s1. The molecule has 0 spiro atoms. The fraction of sp³-hybridized carbons (Fsp3) is 0.182. The number of hydrogen-bond donors (Lipinski definition) is 0. The highest BCUT2D eigenvalue weighted by Crippen LogP contribution is 2.27. The lowest BCUT2D eigenvalue weighted by molar-refractivity contribution is 0.991. The van der Waals surface area contributed by atoms with Crippen molar-refractivity contribution in [1.82, 2.24) is 19.6 Å². The van der Waals surface area contributed by atoms with Crippen molar-refractivity contribution in [1.29, 1.82) is 0 Å². The minimum absolute atomic E-state index is 0.441. The van der Waals surface area contributed by atoms with Crippen LogP contribution in [0.1, 0.15) is 10.7 Å². The predicted octanol–water partition coefficient (Wildman–Crippen LogP) is 3.12. The molecule has 0 aliphatic rings. The smallest absolute Gasteiger partial charge is 0.179 e. The van der Waals surface area contributed by atoms with Crippen molar-refractivity contribution in [3.63, 3.8) is 0 Å². The van der Waals surface area contributed by atoms with Gasteiger partial charge < -0.3 is 0 Å². The number of halogens is 1. The third-order valence-electron chi connectivity index (χ3n) is 2.49. The third kappa shape index (κ3) is 1.71. The van der Waals surface area contributed by atoms with Crippen molar-refractivity contribution < 1.29 is 0 Å². The molecule has 0 radical (unpaired) electrons. The van der Waals surface area contributed by atoms with Gasteiger partial charge in [-0.3, -0.25) is 4.40 Å². The summed E-state index contributed by atoms with van der Waals surface area (Å²) in [7, 11) is 0. The highest BCUT2D eigenvalue weighted by Gasteiger charge is 2.12. The summed E-state index contributed by atoms with van der Waals surface area (Å²) in [6.45, 7) is 3.96. The molecule has 6 heteroatoms. The largest absolute Gasteiger partial charge is 0.262 e. The summed E-state index contributed by atoms with van der Waals surface area (Å²) >= 11 is 7.58. The molecule has 3 heterocycles. The lowest BCUT2D eigenvalue weighted by atomic mass is 10.4. The van der Waals surface area contributed by atoms with Gasteiger partial charge >= 0.3 is 0 Å². The molecule has 3 aromatic rings. The highest BCUT2D eigenvalue weighted by molar-refractivity contribution is 7.15. The number of hydrogen-bond acceptors (Lipinski definition) is 4. The lowest BCUT2D eigenvalue weighted by Crippen LogP contribution is -1.97. The molecular formula is C11H9ClN4S. The Hall–Kier alpha value is -1.46. The second-order valence-electron chi connectivity index (χ2n) is 3.75. The number of fused-ring (bicyclic) bond motifs is 1. The number of thiophene rings is 1. The summed E-state index contributed by atoms with van der Waals surface area (Å²) in [5, 5.41) is 8.77. The van der Waals surface area contributed by atoms with E-state index in [0.717, 1.165) is 22.2 Å². The fourth-order valence-corrected chi connectivity index (χ4v) is 2.83. The third-order valence-corrected chi connectivity index (χ3v) is 3.68. The number of aryl methyl sites for hydroxylation is 2. The van der Waals surface area contributed by atoms with Crippen molar-refractivity contribution in [2.24, 2.45) is 0 Å². The quantitative estimate of drug-likeness (QED) is 0.634. The molecule has 0 saturated carbocycles. The first-order valence-electron chi connectivity index (χ1n) is 5.10. The van der Waals surface area contributed by atoms with E-state index in [9.17, 15) is 0 Å². The minimum Gasteiger partial charge on any atom is -0.262 e. The highest BCUT2D eigenvalue weighted by atomic mass is 35.5.